The number of amides is 1. The van der Waals surface area contributed by atoms with Crippen molar-refractivity contribution in [2.24, 2.45) is 0 Å². The summed E-state index contributed by atoms with van der Waals surface area (Å²) in [5, 5.41) is 11.7. The summed E-state index contributed by atoms with van der Waals surface area (Å²) in [4.78, 5) is 22.7. The van der Waals surface area contributed by atoms with Crippen molar-refractivity contribution in [2.45, 2.75) is 43.0 Å². The van der Waals surface area contributed by atoms with Crippen LogP contribution in [-0.2, 0) is 14.8 Å². The van der Waals surface area contributed by atoms with Gasteiger partial charge >= 0.3 is 5.97 Å². The number of carbonyl (C=O) groups is 2. The van der Waals surface area contributed by atoms with Gasteiger partial charge in [-0.2, -0.15) is 4.72 Å². The Labute approximate surface area is 126 Å². The Kier molecular flexibility index (Phi) is 4.35. The van der Waals surface area contributed by atoms with Gasteiger partial charge in [0.05, 0.1) is 6.04 Å². The van der Waals surface area contributed by atoms with Crippen molar-refractivity contribution in [1.29, 1.82) is 0 Å². The molecule has 1 aromatic rings. The lowest BCUT2D eigenvalue weighted by atomic mass is 10.3. The molecule has 2 rings (SSSR count). The highest BCUT2D eigenvalue weighted by atomic mass is 32.2. The maximum absolute atomic E-state index is 12.2. The molecule has 7 nitrogen and oxygen atoms in total. The van der Waals surface area contributed by atoms with E-state index in [0.717, 1.165) is 12.8 Å². The summed E-state index contributed by atoms with van der Waals surface area (Å²) in [6.07, 6.45) is 1.83. The van der Waals surface area contributed by atoms with Crippen LogP contribution in [0.2, 0.25) is 0 Å². The average molecular weight is 332 g/mol. The molecule has 1 amide bonds. The third kappa shape index (κ3) is 3.80. The Bertz CT molecular complexity index is 676. The molecule has 1 unspecified atom stereocenters. The molecular weight excluding hydrogens is 316 g/mol. The molecule has 0 aromatic carbocycles. The summed E-state index contributed by atoms with van der Waals surface area (Å²) in [6, 6.07) is 0.528. The van der Waals surface area contributed by atoms with Crippen LogP contribution in [0.15, 0.2) is 10.3 Å². The van der Waals surface area contributed by atoms with Gasteiger partial charge in [0.15, 0.2) is 0 Å². The van der Waals surface area contributed by atoms with Gasteiger partial charge in [0.1, 0.15) is 9.09 Å². The summed E-state index contributed by atoms with van der Waals surface area (Å²) < 4.78 is 26.5. The van der Waals surface area contributed by atoms with Crippen molar-refractivity contribution >= 4 is 33.2 Å². The van der Waals surface area contributed by atoms with Gasteiger partial charge < -0.3 is 10.4 Å². The van der Waals surface area contributed by atoms with E-state index in [1.807, 2.05) is 0 Å². The first-order valence-electron chi connectivity index (χ1n) is 6.37. The second-order valence-electron chi connectivity index (χ2n) is 5.01. The second-order valence-corrected chi connectivity index (χ2v) is 8.00. The third-order valence-corrected chi connectivity index (χ3v) is 6.24. The molecule has 1 aliphatic carbocycles. The van der Waals surface area contributed by atoms with E-state index in [2.05, 4.69) is 10.0 Å². The standard InChI is InChI=1S/C12H16N2O5S2/c1-6-5-9(20-10(6)12(16)17)21(18,19)14-7(2)11(15)13-8-3-4-8/h5,7-8,14H,3-4H2,1-2H3,(H,13,15)(H,16,17). The maximum Gasteiger partial charge on any atom is 0.346 e. The zero-order chi connectivity index (χ0) is 15.8. The van der Waals surface area contributed by atoms with Crippen LogP contribution < -0.4 is 10.0 Å². The van der Waals surface area contributed by atoms with Gasteiger partial charge in [-0.15, -0.1) is 11.3 Å². The number of hydrogen-bond acceptors (Lipinski definition) is 5. The van der Waals surface area contributed by atoms with Crippen LogP contribution in [0.3, 0.4) is 0 Å². The van der Waals surface area contributed by atoms with E-state index in [1.165, 1.54) is 19.9 Å². The summed E-state index contributed by atoms with van der Waals surface area (Å²) in [7, 11) is -3.91. The first kappa shape index (κ1) is 15.9. The van der Waals surface area contributed by atoms with Crippen molar-refractivity contribution in [3.8, 4) is 0 Å². The fraction of sp³-hybridized carbons (Fsp3) is 0.500. The third-order valence-electron chi connectivity index (χ3n) is 3.00. The Morgan fingerprint density at radius 1 is 1.43 bits per heavy atom. The molecule has 21 heavy (non-hydrogen) atoms. The van der Waals surface area contributed by atoms with Crippen molar-refractivity contribution < 1.29 is 23.1 Å². The molecule has 3 N–H and O–H groups in total. The molecule has 1 aromatic heterocycles. The van der Waals surface area contributed by atoms with Crippen LogP contribution in [0.25, 0.3) is 0 Å². The minimum Gasteiger partial charge on any atom is -0.477 e. The number of rotatable bonds is 6. The fourth-order valence-corrected chi connectivity index (χ4v) is 4.29. The van der Waals surface area contributed by atoms with Gasteiger partial charge in [-0.25, -0.2) is 13.2 Å². The van der Waals surface area contributed by atoms with E-state index in [-0.39, 0.29) is 21.0 Å². The van der Waals surface area contributed by atoms with Crippen LogP contribution in [0.5, 0.6) is 0 Å². The summed E-state index contributed by atoms with van der Waals surface area (Å²) in [6.45, 7) is 2.98. The Morgan fingerprint density at radius 2 is 2.05 bits per heavy atom. The Morgan fingerprint density at radius 3 is 2.52 bits per heavy atom. The molecule has 9 heteroatoms. The highest BCUT2D eigenvalue weighted by Gasteiger charge is 2.29. The fourth-order valence-electron chi connectivity index (χ4n) is 1.70. The first-order chi connectivity index (χ1) is 9.70. The molecule has 1 atom stereocenters. The Balaban J connectivity index is 2.11. The monoisotopic (exact) mass is 332 g/mol. The SMILES string of the molecule is Cc1cc(S(=O)(=O)NC(C)C(=O)NC2CC2)sc1C(=O)O. The van der Waals surface area contributed by atoms with E-state index in [4.69, 9.17) is 5.11 Å². The maximum atomic E-state index is 12.2. The van der Waals surface area contributed by atoms with E-state index in [1.54, 1.807) is 0 Å². The summed E-state index contributed by atoms with van der Waals surface area (Å²) in [5.41, 5.74) is 0.378. The van der Waals surface area contributed by atoms with Gasteiger partial charge in [0, 0.05) is 6.04 Å². The quantitative estimate of drug-likeness (QED) is 0.710. The van der Waals surface area contributed by atoms with Gasteiger partial charge in [-0.05, 0) is 38.3 Å². The second kappa shape index (κ2) is 5.74. The number of aryl methyl sites for hydroxylation is 1. The lowest BCUT2D eigenvalue weighted by molar-refractivity contribution is -0.122. The number of sulfonamides is 1. The van der Waals surface area contributed by atoms with Crippen LogP contribution in [0.4, 0.5) is 0 Å². The van der Waals surface area contributed by atoms with Crippen LogP contribution >= 0.6 is 11.3 Å². The number of carboxylic acids is 1. The van der Waals surface area contributed by atoms with Crippen LogP contribution in [0.1, 0.15) is 35.0 Å². The van der Waals surface area contributed by atoms with Crippen molar-refractivity contribution in [3.63, 3.8) is 0 Å². The molecule has 0 radical (unpaired) electrons. The highest BCUT2D eigenvalue weighted by molar-refractivity contribution is 7.91. The molecule has 0 saturated heterocycles. The predicted molar refractivity (Wildman–Crippen MR) is 77.0 cm³/mol. The minimum absolute atomic E-state index is 0.0227. The smallest absolute Gasteiger partial charge is 0.346 e. The van der Waals surface area contributed by atoms with Crippen molar-refractivity contribution in [2.75, 3.05) is 0 Å². The number of carbonyl (C=O) groups excluding carboxylic acids is 1. The average Bonchev–Trinajstić information content (AvgIpc) is 3.07. The molecular formula is C12H16N2O5S2. The van der Waals surface area contributed by atoms with E-state index in [9.17, 15) is 18.0 Å². The molecule has 1 fully saturated rings. The predicted octanol–water partition coefficient (Wildman–Crippen LogP) is 0.700. The normalized spacial score (nSPS) is 16.5. The molecule has 0 bridgehead atoms. The van der Waals surface area contributed by atoms with Gasteiger partial charge in [-0.1, -0.05) is 0 Å². The van der Waals surface area contributed by atoms with E-state index >= 15 is 0 Å². The largest absolute Gasteiger partial charge is 0.477 e. The lowest BCUT2D eigenvalue weighted by Crippen LogP contribution is -2.45. The molecule has 116 valence electrons. The summed E-state index contributed by atoms with van der Waals surface area (Å²) in [5.74, 6) is -1.55. The Hall–Kier alpha value is -1.45. The van der Waals surface area contributed by atoms with Crippen LogP contribution in [0, 0.1) is 6.92 Å². The summed E-state index contributed by atoms with van der Waals surface area (Å²) >= 11 is 0.673. The van der Waals surface area contributed by atoms with Crippen molar-refractivity contribution in [1.82, 2.24) is 10.0 Å². The lowest BCUT2D eigenvalue weighted by Gasteiger charge is -2.13. The topological polar surface area (TPSA) is 113 Å². The van der Waals surface area contributed by atoms with Gasteiger partial charge in [0.25, 0.3) is 10.0 Å². The van der Waals surface area contributed by atoms with E-state index < -0.39 is 22.0 Å². The zero-order valence-electron chi connectivity index (χ0n) is 11.5. The molecule has 1 saturated carbocycles. The molecule has 0 aliphatic heterocycles. The number of aromatic carboxylic acids is 1. The minimum atomic E-state index is -3.91. The number of thiophene rings is 1. The molecule has 1 heterocycles. The van der Waals surface area contributed by atoms with Crippen molar-refractivity contribution in [3.05, 3.63) is 16.5 Å². The number of nitrogens with one attached hydrogen (secondary N) is 2. The van der Waals surface area contributed by atoms with E-state index in [0.29, 0.717) is 16.9 Å². The number of carboxylic acid groups (broad SMARTS) is 1. The first-order valence-corrected chi connectivity index (χ1v) is 8.67. The highest BCUT2D eigenvalue weighted by Crippen LogP contribution is 2.26. The molecule has 1 aliphatic rings. The van der Waals surface area contributed by atoms with Gasteiger partial charge in [-0.3, -0.25) is 4.79 Å². The van der Waals surface area contributed by atoms with Gasteiger partial charge in [0.2, 0.25) is 5.91 Å². The number of hydrogen-bond donors (Lipinski definition) is 3. The van der Waals surface area contributed by atoms with Crippen LogP contribution in [-0.4, -0.2) is 37.5 Å². The molecule has 0 spiro atoms. The zero-order valence-corrected chi connectivity index (χ0v) is 13.2.